The molecule has 25 heavy (non-hydrogen) atoms. The molecule has 0 radical (unpaired) electrons. The number of pyridine rings is 1. The third-order valence-corrected chi connectivity index (χ3v) is 5.40. The Balaban J connectivity index is 1.44. The SMILES string of the molecule is O=C(CCc1ccc(O)cc1)N1C[C@@H]2C[C@H](C1)c1cccc(=O)n1C2. The van der Waals surface area contributed by atoms with Crippen LogP contribution in [0.1, 0.15) is 30.0 Å². The lowest BCUT2D eigenvalue weighted by Gasteiger charge is -2.42. The van der Waals surface area contributed by atoms with E-state index in [-0.39, 0.29) is 23.1 Å². The van der Waals surface area contributed by atoms with Gasteiger partial charge in [-0.1, -0.05) is 18.2 Å². The van der Waals surface area contributed by atoms with Gasteiger partial charge in [-0.3, -0.25) is 9.59 Å². The Morgan fingerprint density at radius 3 is 2.68 bits per heavy atom. The van der Waals surface area contributed by atoms with E-state index in [9.17, 15) is 14.7 Å². The van der Waals surface area contributed by atoms with Gasteiger partial charge in [-0.15, -0.1) is 0 Å². The lowest BCUT2D eigenvalue weighted by atomic mass is 9.83. The van der Waals surface area contributed by atoms with Crippen LogP contribution in [0.3, 0.4) is 0 Å². The number of piperidine rings is 1. The van der Waals surface area contributed by atoms with Gasteiger partial charge in [-0.05, 0) is 42.5 Å². The number of aromatic hydroxyl groups is 1. The molecule has 2 aliphatic rings. The van der Waals surface area contributed by atoms with Crippen LogP contribution in [0.5, 0.6) is 5.75 Å². The number of phenols is 1. The van der Waals surface area contributed by atoms with E-state index < -0.39 is 0 Å². The van der Waals surface area contributed by atoms with Gasteiger partial charge in [0, 0.05) is 43.7 Å². The zero-order valence-corrected chi connectivity index (χ0v) is 14.1. The average Bonchev–Trinajstić information content (AvgIpc) is 2.62. The third kappa shape index (κ3) is 3.18. The summed E-state index contributed by atoms with van der Waals surface area (Å²) in [5, 5.41) is 9.33. The smallest absolute Gasteiger partial charge is 0.250 e. The van der Waals surface area contributed by atoms with Crippen LogP contribution in [0.2, 0.25) is 0 Å². The van der Waals surface area contributed by atoms with Gasteiger partial charge in [0.25, 0.3) is 5.56 Å². The first kappa shape index (κ1) is 15.9. The lowest BCUT2D eigenvalue weighted by molar-refractivity contribution is -0.133. The standard InChI is InChI=1S/C20H22N2O3/c23-17-7-4-14(5-8-17)6-9-19(24)21-11-15-10-16(13-21)18-2-1-3-20(25)22(18)12-15/h1-5,7-8,15-16,23H,6,9-13H2/t15-,16+/m0/s1. The van der Waals surface area contributed by atoms with Crippen molar-refractivity contribution in [3.8, 4) is 5.75 Å². The summed E-state index contributed by atoms with van der Waals surface area (Å²) < 4.78 is 1.89. The Morgan fingerprint density at radius 2 is 1.88 bits per heavy atom. The maximum atomic E-state index is 12.7. The van der Waals surface area contributed by atoms with Gasteiger partial charge in [0.2, 0.25) is 5.91 Å². The molecule has 2 aromatic rings. The number of aromatic nitrogens is 1. The van der Waals surface area contributed by atoms with Gasteiger partial charge < -0.3 is 14.6 Å². The van der Waals surface area contributed by atoms with Crippen molar-refractivity contribution >= 4 is 5.91 Å². The number of amides is 1. The van der Waals surface area contributed by atoms with Gasteiger partial charge in [0.15, 0.2) is 0 Å². The summed E-state index contributed by atoms with van der Waals surface area (Å²) in [4.78, 5) is 26.7. The van der Waals surface area contributed by atoms with Crippen molar-refractivity contribution in [1.82, 2.24) is 9.47 Å². The van der Waals surface area contributed by atoms with Crippen molar-refractivity contribution < 1.29 is 9.90 Å². The molecule has 1 aromatic heterocycles. The van der Waals surface area contributed by atoms with Crippen LogP contribution in [0, 0.1) is 5.92 Å². The zero-order valence-electron chi connectivity index (χ0n) is 14.1. The fourth-order valence-electron chi connectivity index (χ4n) is 4.17. The fraction of sp³-hybridized carbons (Fsp3) is 0.400. The number of nitrogens with zero attached hydrogens (tertiary/aromatic N) is 2. The monoisotopic (exact) mass is 338 g/mol. The lowest BCUT2D eigenvalue weighted by Crippen LogP contribution is -2.49. The Kier molecular flexibility index (Phi) is 4.07. The largest absolute Gasteiger partial charge is 0.508 e. The van der Waals surface area contributed by atoms with Crippen LogP contribution in [0.4, 0.5) is 0 Å². The molecule has 5 nitrogen and oxygen atoms in total. The van der Waals surface area contributed by atoms with Crippen molar-refractivity contribution in [2.75, 3.05) is 13.1 Å². The van der Waals surface area contributed by atoms with Crippen LogP contribution in [0.15, 0.2) is 47.3 Å². The average molecular weight is 338 g/mol. The van der Waals surface area contributed by atoms with E-state index in [1.54, 1.807) is 18.2 Å². The number of carbonyl (C=O) groups is 1. The first-order valence-electron chi connectivity index (χ1n) is 8.85. The molecule has 1 N–H and O–H groups in total. The van der Waals surface area contributed by atoms with Crippen LogP contribution in [-0.2, 0) is 17.8 Å². The van der Waals surface area contributed by atoms with E-state index in [2.05, 4.69) is 0 Å². The highest BCUT2D eigenvalue weighted by Gasteiger charge is 2.35. The molecule has 3 heterocycles. The van der Waals surface area contributed by atoms with Crippen molar-refractivity contribution in [2.45, 2.75) is 31.7 Å². The minimum atomic E-state index is 0.0688. The number of aryl methyl sites for hydroxylation is 1. The van der Waals surface area contributed by atoms with E-state index in [1.165, 1.54) is 0 Å². The van der Waals surface area contributed by atoms with Gasteiger partial charge in [-0.2, -0.15) is 0 Å². The van der Waals surface area contributed by atoms with Crippen LogP contribution >= 0.6 is 0 Å². The van der Waals surface area contributed by atoms with E-state index in [4.69, 9.17) is 0 Å². The van der Waals surface area contributed by atoms with E-state index in [0.717, 1.165) is 24.2 Å². The third-order valence-electron chi connectivity index (χ3n) is 5.40. The maximum Gasteiger partial charge on any atom is 0.250 e. The molecule has 2 atom stereocenters. The second-order valence-corrected chi connectivity index (χ2v) is 7.16. The molecule has 2 aliphatic heterocycles. The molecule has 4 rings (SSSR count). The van der Waals surface area contributed by atoms with E-state index in [1.807, 2.05) is 33.7 Å². The number of hydrogen-bond acceptors (Lipinski definition) is 3. The van der Waals surface area contributed by atoms with Crippen molar-refractivity contribution in [1.29, 1.82) is 0 Å². The molecule has 1 fully saturated rings. The van der Waals surface area contributed by atoms with Gasteiger partial charge in [0.05, 0.1) is 0 Å². The quantitative estimate of drug-likeness (QED) is 0.932. The predicted molar refractivity (Wildman–Crippen MR) is 94.6 cm³/mol. The van der Waals surface area contributed by atoms with Crippen LogP contribution in [0.25, 0.3) is 0 Å². The second kappa shape index (κ2) is 6.39. The van der Waals surface area contributed by atoms with Crippen molar-refractivity contribution in [2.24, 2.45) is 5.92 Å². The molecule has 2 bridgehead atoms. The summed E-state index contributed by atoms with van der Waals surface area (Å²) in [5.74, 6) is 1.05. The normalized spacial score (nSPS) is 21.7. The molecule has 1 saturated heterocycles. The molecule has 130 valence electrons. The summed E-state index contributed by atoms with van der Waals surface area (Å²) >= 11 is 0. The summed E-state index contributed by atoms with van der Waals surface area (Å²) in [7, 11) is 0. The summed E-state index contributed by atoms with van der Waals surface area (Å²) in [6, 6.07) is 12.5. The summed E-state index contributed by atoms with van der Waals surface area (Å²) in [6.07, 6.45) is 2.22. The maximum absolute atomic E-state index is 12.7. The molecule has 0 saturated carbocycles. The highest BCUT2D eigenvalue weighted by molar-refractivity contribution is 5.76. The first-order chi connectivity index (χ1) is 12.1. The first-order valence-corrected chi connectivity index (χ1v) is 8.85. The Hall–Kier alpha value is -2.56. The predicted octanol–water partition coefficient (Wildman–Crippen LogP) is 2.13. The Morgan fingerprint density at radius 1 is 1.08 bits per heavy atom. The molecular weight excluding hydrogens is 316 g/mol. The number of carbonyl (C=O) groups excluding carboxylic acids is 1. The summed E-state index contributed by atoms with van der Waals surface area (Å²) in [5.41, 5.74) is 2.19. The number of phenolic OH excluding ortho intramolecular Hbond substituents is 1. The van der Waals surface area contributed by atoms with Gasteiger partial charge in [0.1, 0.15) is 5.75 Å². The highest BCUT2D eigenvalue weighted by Crippen LogP contribution is 2.35. The van der Waals surface area contributed by atoms with Crippen molar-refractivity contribution in [3.63, 3.8) is 0 Å². The summed E-state index contributed by atoms with van der Waals surface area (Å²) in [6.45, 7) is 2.16. The molecule has 0 aliphatic carbocycles. The van der Waals surface area contributed by atoms with Crippen LogP contribution < -0.4 is 5.56 Å². The Bertz CT molecular complexity index is 841. The van der Waals surface area contributed by atoms with Gasteiger partial charge >= 0.3 is 0 Å². The van der Waals surface area contributed by atoms with E-state index in [0.29, 0.717) is 31.8 Å². The minimum absolute atomic E-state index is 0.0688. The molecule has 0 spiro atoms. The molecular formula is C20H22N2O3. The second-order valence-electron chi connectivity index (χ2n) is 7.16. The molecule has 5 heteroatoms. The van der Waals surface area contributed by atoms with E-state index >= 15 is 0 Å². The zero-order chi connectivity index (χ0) is 17.4. The molecule has 1 amide bonds. The van der Waals surface area contributed by atoms with Crippen LogP contribution in [-0.4, -0.2) is 33.6 Å². The Labute approximate surface area is 146 Å². The molecule has 1 aromatic carbocycles. The highest BCUT2D eigenvalue weighted by atomic mass is 16.3. The molecule has 0 unspecified atom stereocenters. The van der Waals surface area contributed by atoms with Crippen molar-refractivity contribution in [3.05, 3.63) is 64.1 Å². The fourth-order valence-corrected chi connectivity index (χ4v) is 4.17. The number of hydrogen-bond donors (Lipinski definition) is 1. The number of fused-ring (bicyclic) bond motifs is 4. The number of likely N-dealkylation sites (tertiary alicyclic amines) is 1. The number of rotatable bonds is 3. The van der Waals surface area contributed by atoms with Gasteiger partial charge in [-0.25, -0.2) is 0 Å². The number of benzene rings is 1. The minimum Gasteiger partial charge on any atom is -0.508 e. The topological polar surface area (TPSA) is 62.5 Å².